The number of nitrogens with zero attached hydrogens (tertiary/aromatic N) is 5. The number of carbonyl (C=O) groups is 2. The molecule has 6 rings (SSSR count). The first-order valence-corrected chi connectivity index (χ1v) is 25.9. The van der Waals surface area contributed by atoms with Gasteiger partial charge in [0, 0.05) is 52.6 Å². The molecule has 3 amide bonds. The van der Waals surface area contributed by atoms with Crippen LogP contribution in [-0.2, 0) is 19.8 Å². The largest absolute Gasteiger partial charge is 0.361 e. The Morgan fingerprint density at radius 3 is 2.12 bits per heavy atom. The molecular weight excluding hydrogens is 719 g/mol. The van der Waals surface area contributed by atoms with E-state index in [4.69, 9.17) is 19.6 Å². The number of nitrogens with one attached hydrogen (secondary N) is 2. The van der Waals surface area contributed by atoms with Gasteiger partial charge in [0.05, 0.1) is 22.1 Å². The summed E-state index contributed by atoms with van der Waals surface area (Å²) in [4.78, 5) is 36.7. The Balaban J connectivity index is 1.39. The molecule has 49 heavy (non-hydrogen) atoms. The fourth-order valence-corrected chi connectivity index (χ4v) is 9.64. The number of urea groups is 1. The third kappa shape index (κ3) is 8.13. The Labute approximate surface area is 300 Å². The van der Waals surface area contributed by atoms with Crippen LogP contribution in [0.15, 0.2) is 29.0 Å². The second-order valence-electron chi connectivity index (χ2n) is 16.8. The highest BCUT2D eigenvalue weighted by molar-refractivity contribution is 9.10. The molecule has 3 aromatic heterocycles. The van der Waals surface area contributed by atoms with Crippen molar-refractivity contribution in [2.45, 2.75) is 102 Å². The first-order chi connectivity index (χ1) is 23.1. The Bertz CT molecular complexity index is 1660. The van der Waals surface area contributed by atoms with Crippen molar-refractivity contribution in [3.8, 4) is 11.1 Å². The second kappa shape index (κ2) is 14.2. The number of amides is 3. The van der Waals surface area contributed by atoms with Crippen molar-refractivity contribution in [1.82, 2.24) is 30.2 Å². The minimum Gasteiger partial charge on any atom is -0.361 e. The molecule has 4 heterocycles. The number of hydrogen-bond acceptors (Lipinski definition) is 8. The van der Waals surface area contributed by atoms with Crippen molar-refractivity contribution in [3.63, 3.8) is 0 Å². The molecule has 1 aliphatic heterocycles. The van der Waals surface area contributed by atoms with Crippen molar-refractivity contribution in [3.05, 3.63) is 40.4 Å². The van der Waals surface area contributed by atoms with E-state index in [1.54, 1.807) is 19.2 Å². The topological polar surface area (TPSA) is 123 Å². The van der Waals surface area contributed by atoms with Gasteiger partial charge >= 0.3 is 6.03 Å². The molecule has 266 valence electrons. The van der Waals surface area contributed by atoms with Gasteiger partial charge in [-0.1, -0.05) is 58.2 Å². The third-order valence-electron chi connectivity index (χ3n) is 10.3. The summed E-state index contributed by atoms with van der Waals surface area (Å²) in [6.07, 6.45) is 9.80. The van der Waals surface area contributed by atoms with E-state index in [2.05, 4.69) is 75.7 Å². The number of carbonyl (C=O) groups excluding carboxylic acids is 2. The van der Waals surface area contributed by atoms with Crippen LogP contribution in [0.1, 0.15) is 56.3 Å². The molecule has 14 heteroatoms. The monoisotopic (exact) mass is 769 g/mol. The lowest BCUT2D eigenvalue weighted by Gasteiger charge is -2.31. The van der Waals surface area contributed by atoms with Crippen LogP contribution in [0.4, 0.5) is 10.6 Å². The number of hydrogen-bond donors (Lipinski definition) is 2. The third-order valence-corrected chi connectivity index (χ3v) is 14.5. The first kappa shape index (κ1) is 36.1. The molecule has 1 unspecified atom stereocenters. The minimum absolute atomic E-state index is 0.347. The van der Waals surface area contributed by atoms with Crippen molar-refractivity contribution in [2.75, 3.05) is 31.6 Å². The lowest BCUT2D eigenvalue weighted by atomic mass is 9.79. The van der Waals surface area contributed by atoms with Gasteiger partial charge in [-0.2, -0.15) is 9.61 Å². The van der Waals surface area contributed by atoms with Crippen molar-refractivity contribution in [2.24, 2.45) is 11.8 Å². The normalized spacial score (nSPS) is 24.0. The highest BCUT2D eigenvalue weighted by Gasteiger charge is 2.44. The summed E-state index contributed by atoms with van der Waals surface area (Å²) < 4.78 is 15.6. The highest BCUT2D eigenvalue weighted by atomic mass is 79.9. The maximum absolute atomic E-state index is 12.6. The van der Waals surface area contributed by atoms with Crippen LogP contribution in [0.2, 0.25) is 51.4 Å². The minimum atomic E-state index is -1.27. The summed E-state index contributed by atoms with van der Waals surface area (Å²) in [5.41, 5.74) is 2.71. The van der Waals surface area contributed by atoms with E-state index in [-0.39, 0.29) is 0 Å². The molecule has 2 N–H and O–H groups in total. The molecule has 3 fully saturated rings. The Morgan fingerprint density at radius 2 is 1.59 bits per heavy atom. The summed E-state index contributed by atoms with van der Waals surface area (Å²) in [5, 5.41) is 9.93. The van der Waals surface area contributed by atoms with Gasteiger partial charge in [0.2, 0.25) is 0 Å². The predicted octanol–water partition coefficient (Wildman–Crippen LogP) is 7.33. The van der Waals surface area contributed by atoms with Crippen molar-refractivity contribution >= 4 is 55.5 Å². The number of aromatic nitrogens is 4. The zero-order valence-electron chi connectivity index (χ0n) is 30.1. The highest BCUT2D eigenvalue weighted by Crippen LogP contribution is 2.50. The molecule has 11 nitrogen and oxygen atoms in total. The molecule has 0 aromatic carbocycles. The summed E-state index contributed by atoms with van der Waals surface area (Å²) >= 11 is 4.06. The SMILES string of the molecule is CC1(c2ccc(-c3cnn4c(N(COCC[Si](C)(C)C)COCC[Si](C)(C)C)c(Br)c([C@H]5C[C@@H]6CC[C@@H](C6)C5)nc34)cn2)NC(=O)NC1=O. The second-order valence-corrected chi connectivity index (χ2v) is 28.9. The summed E-state index contributed by atoms with van der Waals surface area (Å²) in [5.74, 6) is 2.31. The van der Waals surface area contributed by atoms with Crippen LogP contribution in [0.5, 0.6) is 0 Å². The Morgan fingerprint density at radius 1 is 0.959 bits per heavy atom. The van der Waals surface area contributed by atoms with Gasteiger partial charge in [0.1, 0.15) is 13.5 Å². The Kier molecular flexibility index (Phi) is 10.4. The molecular formula is C35H52BrN7O4Si2. The Hall–Kier alpha value is -2.66. The molecule has 1 saturated heterocycles. The van der Waals surface area contributed by atoms with Crippen LogP contribution >= 0.6 is 15.9 Å². The first-order valence-electron chi connectivity index (χ1n) is 17.7. The van der Waals surface area contributed by atoms with Gasteiger partial charge in [-0.05, 0) is 72.1 Å². The van der Waals surface area contributed by atoms with Crippen molar-refractivity contribution < 1.29 is 19.1 Å². The van der Waals surface area contributed by atoms with E-state index in [0.29, 0.717) is 38.3 Å². The summed E-state index contributed by atoms with van der Waals surface area (Å²) in [7, 11) is -2.54. The molecule has 0 spiro atoms. The zero-order valence-corrected chi connectivity index (χ0v) is 33.7. The predicted molar refractivity (Wildman–Crippen MR) is 201 cm³/mol. The standard InChI is InChI=1S/C35H52BrN7O4Si2/c1-35(33(44)40-34(45)41-35)28-11-10-25(19-37-28)27-20-38-43-31(27)39-30(26-17-23-8-9-24(16-23)18-26)29(36)32(43)42(21-46-12-14-48(2,3)4)22-47-13-15-49(5,6)7/h10-11,19-20,23-24,26H,8-9,12-18,21-22H2,1-7H3,(H2,40,41,44,45)/t23-,24+,26+,35?. The van der Waals surface area contributed by atoms with Gasteiger partial charge in [-0.15, -0.1) is 0 Å². The molecule has 3 aromatic rings. The fourth-order valence-electron chi connectivity index (χ4n) is 7.29. The van der Waals surface area contributed by atoms with E-state index in [0.717, 1.165) is 69.5 Å². The van der Waals surface area contributed by atoms with Gasteiger partial charge in [-0.3, -0.25) is 15.1 Å². The van der Waals surface area contributed by atoms with E-state index in [1.165, 1.54) is 19.3 Å². The molecule has 2 aliphatic carbocycles. The molecule has 3 aliphatic rings. The summed E-state index contributed by atoms with van der Waals surface area (Å²) in [6.45, 7) is 18.0. The maximum Gasteiger partial charge on any atom is 0.322 e. The molecule has 0 radical (unpaired) electrons. The van der Waals surface area contributed by atoms with Gasteiger partial charge < -0.3 is 19.7 Å². The maximum atomic E-state index is 12.6. The van der Waals surface area contributed by atoms with Crippen LogP contribution in [0.25, 0.3) is 16.8 Å². The average molecular weight is 771 g/mol. The lowest BCUT2D eigenvalue weighted by molar-refractivity contribution is -0.123. The van der Waals surface area contributed by atoms with E-state index in [1.807, 2.05) is 16.8 Å². The number of ether oxygens (including phenoxy) is 2. The lowest BCUT2D eigenvalue weighted by Crippen LogP contribution is -2.41. The van der Waals surface area contributed by atoms with E-state index in [9.17, 15) is 9.59 Å². The van der Waals surface area contributed by atoms with E-state index < -0.39 is 33.6 Å². The van der Waals surface area contributed by atoms with Gasteiger partial charge in [-0.25, -0.2) is 9.78 Å². The number of imide groups is 1. The van der Waals surface area contributed by atoms with Crippen LogP contribution in [-0.4, -0.2) is 74.3 Å². The van der Waals surface area contributed by atoms with E-state index >= 15 is 0 Å². The van der Waals surface area contributed by atoms with Gasteiger partial charge in [0.25, 0.3) is 5.91 Å². The number of rotatable bonds is 14. The number of pyridine rings is 1. The zero-order chi connectivity index (χ0) is 35.1. The fraction of sp³-hybridized carbons (Fsp3) is 0.629. The van der Waals surface area contributed by atoms with Crippen LogP contribution in [0.3, 0.4) is 0 Å². The average Bonchev–Trinajstić information content (AvgIpc) is 3.68. The number of halogens is 1. The molecule has 4 atom stereocenters. The molecule has 2 saturated carbocycles. The number of anilines is 1. The van der Waals surface area contributed by atoms with Gasteiger partial charge in [0.15, 0.2) is 17.0 Å². The number of fused-ring (bicyclic) bond motifs is 3. The smallest absolute Gasteiger partial charge is 0.322 e. The van der Waals surface area contributed by atoms with Crippen LogP contribution in [0, 0.1) is 11.8 Å². The van der Waals surface area contributed by atoms with Crippen molar-refractivity contribution in [1.29, 1.82) is 0 Å². The van der Waals surface area contributed by atoms with Crippen LogP contribution < -0.4 is 15.5 Å². The summed E-state index contributed by atoms with van der Waals surface area (Å²) in [6, 6.07) is 5.35. The quantitative estimate of drug-likeness (QED) is 0.0757. The molecule has 2 bridgehead atoms.